The van der Waals surface area contributed by atoms with Crippen LogP contribution in [0.2, 0.25) is 0 Å². The molecule has 0 atom stereocenters. The lowest BCUT2D eigenvalue weighted by atomic mass is 10.1. The van der Waals surface area contributed by atoms with Gasteiger partial charge in [-0.3, -0.25) is 4.79 Å². The normalized spacial score (nSPS) is 10.6. The molecule has 3 rings (SSSR count). The zero-order valence-corrected chi connectivity index (χ0v) is 14.6. The van der Waals surface area contributed by atoms with Crippen molar-refractivity contribution in [3.63, 3.8) is 0 Å². The van der Waals surface area contributed by atoms with Gasteiger partial charge in [-0.25, -0.2) is 4.98 Å². The highest BCUT2D eigenvalue weighted by Gasteiger charge is 2.15. The van der Waals surface area contributed by atoms with Crippen LogP contribution in [0.4, 0.5) is 0 Å². The van der Waals surface area contributed by atoms with E-state index in [1.54, 1.807) is 4.90 Å². The molecule has 0 fully saturated rings. The van der Waals surface area contributed by atoms with Gasteiger partial charge in [0.05, 0.1) is 5.69 Å². The second-order valence-corrected chi connectivity index (χ2v) is 6.12. The van der Waals surface area contributed by atoms with E-state index in [2.05, 4.69) is 4.98 Å². The molecule has 0 N–H and O–H groups in total. The van der Waals surface area contributed by atoms with Crippen LogP contribution >= 0.6 is 0 Å². The van der Waals surface area contributed by atoms with Crippen LogP contribution in [0.3, 0.4) is 0 Å². The van der Waals surface area contributed by atoms with E-state index in [-0.39, 0.29) is 5.91 Å². The molecule has 0 aliphatic heterocycles. The molecule has 128 valence electrons. The van der Waals surface area contributed by atoms with Crippen molar-refractivity contribution in [1.29, 1.82) is 0 Å². The van der Waals surface area contributed by atoms with E-state index >= 15 is 0 Å². The molecular formula is C21H22N2O2. The van der Waals surface area contributed by atoms with Crippen molar-refractivity contribution in [3.05, 3.63) is 77.7 Å². The number of nitrogens with zero attached hydrogens (tertiary/aromatic N) is 2. The SMILES string of the molecule is Cc1oc(-c2ccccc2)nc1CCC(=O)N(C)Cc1ccccc1. The van der Waals surface area contributed by atoms with Crippen molar-refractivity contribution in [2.75, 3.05) is 7.05 Å². The Morgan fingerprint density at radius 2 is 1.68 bits per heavy atom. The maximum absolute atomic E-state index is 12.4. The zero-order valence-electron chi connectivity index (χ0n) is 14.6. The Morgan fingerprint density at radius 1 is 1.04 bits per heavy atom. The van der Waals surface area contributed by atoms with Gasteiger partial charge in [0.15, 0.2) is 0 Å². The van der Waals surface area contributed by atoms with Gasteiger partial charge < -0.3 is 9.32 Å². The highest BCUT2D eigenvalue weighted by molar-refractivity contribution is 5.76. The molecule has 0 saturated carbocycles. The van der Waals surface area contributed by atoms with Gasteiger partial charge in [-0.2, -0.15) is 0 Å². The second-order valence-electron chi connectivity index (χ2n) is 6.12. The first-order chi connectivity index (χ1) is 12.1. The number of aromatic nitrogens is 1. The molecule has 0 aliphatic carbocycles. The fourth-order valence-corrected chi connectivity index (χ4v) is 2.73. The topological polar surface area (TPSA) is 46.3 Å². The lowest BCUT2D eigenvalue weighted by molar-refractivity contribution is -0.130. The van der Waals surface area contributed by atoms with Crippen molar-refractivity contribution in [2.24, 2.45) is 0 Å². The van der Waals surface area contributed by atoms with E-state index in [4.69, 9.17) is 4.42 Å². The monoisotopic (exact) mass is 334 g/mol. The number of rotatable bonds is 6. The molecule has 1 aromatic heterocycles. The lowest BCUT2D eigenvalue weighted by Crippen LogP contribution is -2.26. The maximum Gasteiger partial charge on any atom is 0.226 e. The molecule has 0 bridgehead atoms. The molecule has 2 aromatic carbocycles. The largest absolute Gasteiger partial charge is 0.441 e. The highest BCUT2D eigenvalue weighted by Crippen LogP contribution is 2.22. The average molecular weight is 334 g/mol. The Labute approximate surface area is 148 Å². The van der Waals surface area contributed by atoms with Crippen LogP contribution in [0.1, 0.15) is 23.4 Å². The summed E-state index contributed by atoms with van der Waals surface area (Å²) in [6.45, 7) is 2.51. The van der Waals surface area contributed by atoms with Crippen LogP contribution < -0.4 is 0 Å². The van der Waals surface area contributed by atoms with Crippen LogP contribution in [0, 0.1) is 6.92 Å². The minimum absolute atomic E-state index is 0.104. The molecule has 0 aliphatic rings. The fraction of sp³-hybridized carbons (Fsp3) is 0.238. The molecule has 0 saturated heterocycles. The van der Waals surface area contributed by atoms with E-state index < -0.39 is 0 Å². The molecule has 1 heterocycles. The van der Waals surface area contributed by atoms with Crippen molar-refractivity contribution < 1.29 is 9.21 Å². The standard InChI is InChI=1S/C21H22N2O2/c1-16-19(22-21(25-16)18-11-7-4-8-12-18)13-14-20(24)23(2)15-17-9-5-3-6-10-17/h3-12H,13-15H2,1-2H3. The Morgan fingerprint density at radius 3 is 2.36 bits per heavy atom. The van der Waals surface area contributed by atoms with Gasteiger partial charge >= 0.3 is 0 Å². The summed E-state index contributed by atoms with van der Waals surface area (Å²) in [5, 5.41) is 0. The van der Waals surface area contributed by atoms with E-state index in [1.807, 2.05) is 74.6 Å². The highest BCUT2D eigenvalue weighted by atomic mass is 16.4. The van der Waals surface area contributed by atoms with E-state index in [9.17, 15) is 4.79 Å². The summed E-state index contributed by atoms with van der Waals surface area (Å²) in [5.41, 5.74) is 2.92. The Kier molecular flexibility index (Phi) is 5.29. The predicted molar refractivity (Wildman–Crippen MR) is 97.9 cm³/mol. The molecule has 3 aromatic rings. The summed E-state index contributed by atoms with van der Waals surface area (Å²) in [5.74, 6) is 1.49. The van der Waals surface area contributed by atoms with Crippen molar-refractivity contribution >= 4 is 5.91 Å². The Bertz CT molecular complexity index is 826. The molecular weight excluding hydrogens is 312 g/mol. The first-order valence-corrected chi connectivity index (χ1v) is 8.43. The van der Waals surface area contributed by atoms with Crippen LogP contribution in [-0.4, -0.2) is 22.8 Å². The van der Waals surface area contributed by atoms with Crippen LogP contribution in [0.15, 0.2) is 65.1 Å². The number of benzene rings is 2. The smallest absolute Gasteiger partial charge is 0.226 e. The number of amides is 1. The van der Waals surface area contributed by atoms with E-state index in [0.717, 1.165) is 22.6 Å². The van der Waals surface area contributed by atoms with E-state index in [0.29, 0.717) is 25.3 Å². The van der Waals surface area contributed by atoms with Gasteiger partial charge in [-0.05, 0) is 24.6 Å². The number of hydrogen-bond acceptors (Lipinski definition) is 3. The number of hydrogen-bond donors (Lipinski definition) is 0. The molecule has 0 spiro atoms. The fourth-order valence-electron chi connectivity index (χ4n) is 2.73. The predicted octanol–water partition coefficient (Wildman–Crippen LogP) is 4.24. The lowest BCUT2D eigenvalue weighted by Gasteiger charge is -2.17. The summed E-state index contributed by atoms with van der Waals surface area (Å²) in [7, 11) is 1.83. The van der Waals surface area contributed by atoms with Crippen LogP contribution in [-0.2, 0) is 17.8 Å². The minimum atomic E-state index is 0.104. The maximum atomic E-state index is 12.4. The molecule has 0 unspecified atom stereocenters. The first kappa shape index (κ1) is 17.0. The number of oxazole rings is 1. The van der Waals surface area contributed by atoms with Gasteiger partial charge in [-0.15, -0.1) is 0 Å². The molecule has 1 amide bonds. The Balaban J connectivity index is 1.60. The van der Waals surface area contributed by atoms with E-state index in [1.165, 1.54) is 0 Å². The quantitative estimate of drug-likeness (QED) is 0.677. The van der Waals surface area contributed by atoms with Gasteiger partial charge in [0.1, 0.15) is 5.76 Å². The molecule has 4 nitrogen and oxygen atoms in total. The number of aryl methyl sites for hydroxylation is 2. The minimum Gasteiger partial charge on any atom is -0.441 e. The summed E-state index contributed by atoms with van der Waals surface area (Å²) < 4.78 is 5.75. The van der Waals surface area contributed by atoms with Gasteiger partial charge in [-0.1, -0.05) is 48.5 Å². The zero-order chi connectivity index (χ0) is 17.6. The third kappa shape index (κ3) is 4.35. The first-order valence-electron chi connectivity index (χ1n) is 8.43. The summed E-state index contributed by atoms with van der Waals surface area (Å²) in [4.78, 5) is 18.7. The second kappa shape index (κ2) is 7.79. The average Bonchev–Trinajstić information content (AvgIpc) is 3.02. The van der Waals surface area contributed by atoms with Crippen molar-refractivity contribution in [3.8, 4) is 11.5 Å². The summed E-state index contributed by atoms with van der Waals surface area (Å²) in [6.07, 6.45) is 1.01. The van der Waals surface area contributed by atoms with Gasteiger partial charge in [0.2, 0.25) is 11.8 Å². The molecule has 25 heavy (non-hydrogen) atoms. The van der Waals surface area contributed by atoms with Gasteiger partial charge in [0, 0.05) is 32.0 Å². The third-order valence-corrected chi connectivity index (χ3v) is 4.18. The van der Waals surface area contributed by atoms with Gasteiger partial charge in [0.25, 0.3) is 0 Å². The van der Waals surface area contributed by atoms with Crippen molar-refractivity contribution in [1.82, 2.24) is 9.88 Å². The Hall–Kier alpha value is -2.88. The van der Waals surface area contributed by atoms with Crippen LogP contribution in [0.25, 0.3) is 11.5 Å². The number of carbonyl (C=O) groups is 1. The molecule has 4 heteroatoms. The molecule has 0 radical (unpaired) electrons. The number of carbonyl (C=O) groups excluding carboxylic acids is 1. The summed E-state index contributed by atoms with van der Waals surface area (Å²) >= 11 is 0. The van der Waals surface area contributed by atoms with Crippen LogP contribution in [0.5, 0.6) is 0 Å². The third-order valence-electron chi connectivity index (χ3n) is 4.18. The van der Waals surface area contributed by atoms with Crippen molar-refractivity contribution in [2.45, 2.75) is 26.3 Å². The summed E-state index contributed by atoms with van der Waals surface area (Å²) in [6, 6.07) is 19.8.